The van der Waals surface area contributed by atoms with E-state index >= 15 is 0 Å². The predicted octanol–water partition coefficient (Wildman–Crippen LogP) is 4.88. The SMILES string of the molecule is CCCCCCCCCCCCC(O)c1csnn1. The van der Waals surface area contributed by atoms with Crippen LogP contribution < -0.4 is 0 Å². The van der Waals surface area contributed by atoms with Gasteiger partial charge in [0.2, 0.25) is 0 Å². The molecule has 0 aliphatic heterocycles. The molecule has 0 aliphatic carbocycles. The molecule has 0 saturated heterocycles. The number of nitrogens with zero attached hydrogens (tertiary/aromatic N) is 2. The minimum Gasteiger partial charge on any atom is -0.387 e. The topological polar surface area (TPSA) is 46.0 Å². The molecule has 1 aromatic rings. The quantitative estimate of drug-likeness (QED) is 0.556. The molecular formula is C15H28N2OS. The summed E-state index contributed by atoms with van der Waals surface area (Å²) >= 11 is 1.31. The van der Waals surface area contributed by atoms with Crippen LogP contribution in [-0.2, 0) is 0 Å². The first-order valence-corrected chi connectivity index (χ1v) is 8.63. The number of unbranched alkanes of at least 4 members (excludes halogenated alkanes) is 9. The summed E-state index contributed by atoms with van der Waals surface area (Å²) in [6.07, 6.45) is 13.7. The average Bonchev–Trinajstić information content (AvgIpc) is 2.95. The van der Waals surface area contributed by atoms with E-state index in [1.165, 1.54) is 69.3 Å². The first kappa shape index (κ1) is 16.6. The van der Waals surface area contributed by atoms with Crippen LogP contribution in [0.15, 0.2) is 5.38 Å². The molecule has 0 aromatic carbocycles. The van der Waals surface area contributed by atoms with Crippen LogP contribution in [0.4, 0.5) is 0 Å². The minimum atomic E-state index is -0.409. The molecule has 0 bridgehead atoms. The molecule has 19 heavy (non-hydrogen) atoms. The van der Waals surface area contributed by atoms with Gasteiger partial charge < -0.3 is 5.11 Å². The summed E-state index contributed by atoms with van der Waals surface area (Å²) in [6.45, 7) is 2.26. The lowest BCUT2D eigenvalue weighted by Gasteiger charge is -2.06. The van der Waals surface area contributed by atoms with E-state index in [-0.39, 0.29) is 0 Å². The minimum absolute atomic E-state index is 0.409. The van der Waals surface area contributed by atoms with E-state index in [0.29, 0.717) is 0 Å². The second kappa shape index (κ2) is 11.4. The highest BCUT2D eigenvalue weighted by atomic mass is 32.1. The number of hydrogen-bond donors (Lipinski definition) is 1. The fraction of sp³-hybridized carbons (Fsp3) is 0.867. The molecule has 4 heteroatoms. The van der Waals surface area contributed by atoms with Gasteiger partial charge in [0.1, 0.15) is 5.69 Å². The Labute approximate surface area is 121 Å². The maximum atomic E-state index is 9.84. The van der Waals surface area contributed by atoms with Crippen molar-refractivity contribution in [2.45, 2.75) is 83.7 Å². The molecule has 0 fully saturated rings. The monoisotopic (exact) mass is 284 g/mol. The number of hydrogen-bond acceptors (Lipinski definition) is 4. The van der Waals surface area contributed by atoms with Crippen molar-refractivity contribution in [2.24, 2.45) is 0 Å². The second-order valence-corrected chi connectivity index (χ2v) is 5.93. The number of aliphatic hydroxyl groups is 1. The van der Waals surface area contributed by atoms with Crippen LogP contribution in [0.25, 0.3) is 0 Å². The summed E-state index contributed by atoms with van der Waals surface area (Å²) in [6, 6.07) is 0. The van der Waals surface area contributed by atoms with E-state index in [0.717, 1.165) is 18.5 Å². The van der Waals surface area contributed by atoms with Gasteiger partial charge in [0.15, 0.2) is 0 Å². The zero-order valence-electron chi connectivity index (χ0n) is 12.2. The first-order chi connectivity index (χ1) is 9.34. The van der Waals surface area contributed by atoms with Gasteiger partial charge in [-0.3, -0.25) is 0 Å². The van der Waals surface area contributed by atoms with E-state index in [4.69, 9.17) is 0 Å². The van der Waals surface area contributed by atoms with Gasteiger partial charge in [0, 0.05) is 5.38 Å². The van der Waals surface area contributed by atoms with E-state index < -0.39 is 6.10 Å². The third kappa shape index (κ3) is 8.32. The van der Waals surface area contributed by atoms with Crippen molar-refractivity contribution in [3.8, 4) is 0 Å². The highest BCUT2D eigenvalue weighted by molar-refractivity contribution is 7.03. The summed E-state index contributed by atoms with van der Waals surface area (Å²) in [7, 11) is 0. The summed E-state index contributed by atoms with van der Waals surface area (Å²) in [5.74, 6) is 0. The van der Waals surface area contributed by atoms with Crippen molar-refractivity contribution in [1.29, 1.82) is 0 Å². The molecule has 110 valence electrons. The van der Waals surface area contributed by atoms with Gasteiger partial charge in [-0.25, -0.2) is 0 Å². The molecule has 1 atom stereocenters. The summed E-state index contributed by atoms with van der Waals surface area (Å²) in [4.78, 5) is 0. The van der Waals surface area contributed by atoms with Crippen LogP contribution in [0.1, 0.15) is 89.4 Å². The van der Waals surface area contributed by atoms with Crippen LogP contribution in [-0.4, -0.2) is 14.7 Å². The van der Waals surface area contributed by atoms with Crippen molar-refractivity contribution in [3.05, 3.63) is 11.1 Å². The van der Waals surface area contributed by atoms with Gasteiger partial charge in [0.05, 0.1) is 6.10 Å². The Hall–Kier alpha value is -0.480. The Morgan fingerprint density at radius 3 is 2.11 bits per heavy atom. The predicted molar refractivity (Wildman–Crippen MR) is 81.3 cm³/mol. The molecule has 0 amide bonds. The van der Waals surface area contributed by atoms with Crippen molar-refractivity contribution >= 4 is 11.5 Å². The van der Waals surface area contributed by atoms with Crippen molar-refractivity contribution in [3.63, 3.8) is 0 Å². The van der Waals surface area contributed by atoms with Crippen molar-refractivity contribution in [2.75, 3.05) is 0 Å². The fourth-order valence-electron chi connectivity index (χ4n) is 2.29. The molecular weight excluding hydrogens is 256 g/mol. The number of aliphatic hydroxyl groups excluding tert-OH is 1. The maximum Gasteiger partial charge on any atom is 0.104 e. The van der Waals surface area contributed by atoms with Gasteiger partial charge >= 0.3 is 0 Å². The Kier molecular flexibility index (Phi) is 9.91. The lowest BCUT2D eigenvalue weighted by Crippen LogP contribution is -1.97. The molecule has 0 saturated carbocycles. The van der Waals surface area contributed by atoms with Crippen molar-refractivity contribution < 1.29 is 5.11 Å². The Bertz CT molecular complexity index is 290. The summed E-state index contributed by atoms with van der Waals surface area (Å²) in [5.41, 5.74) is 0.737. The van der Waals surface area contributed by atoms with E-state index in [1.54, 1.807) is 0 Å². The molecule has 1 N–H and O–H groups in total. The molecule has 0 aliphatic rings. The van der Waals surface area contributed by atoms with Crippen LogP contribution in [0.2, 0.25) is 0 Å². The van der Waals surface area contributed by atoms with Gasteiger partial charge in [0.25, 0.3) is 0 Å². The van der Waals surface area contributed by atoms with E-state index in [9.17, 15) is 5.11 Å². The molecule has 1 unspecified atom stereocenters. The summed E-state index contributed by atoms with van der Waals surface area (Å²) < 4.78 is 3.77. The van der Waals surface area contributed by atoms with Gasteiger partial charge in [-0.1, -0.05) is 75.6 Å². The normalized spacial score (nSPS) is 12.7. The molecule has 3 nitrogen and oxygen atoms in total. The maximum absolute atomic E-state index is 9.84. The molecule has 1 rings (SSSR count). The third-order valence-electron chi connectivity index (χ3n) is 3.55. The van der Waals surface area contributed by atoms with Crippen LogP contribution in [0.3, 0.4) is 0 Å². The highest BCUT2D eigenvalue weighted by Gasteiger charge is 2.09. The highest BCUT2D eigenvalue weighted by Crippen LogP contribution is 2.19. The van der Waals surface area contributed by atoms with Crippen LogP contribution >= 0.6 is 11.5 Å². The average molecular weight is 284 g/mol. The Morgan fingerprint density at radius 2 is 1.58 bits per heavy atom. The number of rotatable bonds is 12. The second-order valence-electron chi connectivity index (χ2n) is 5.32. The van der Waals surface area contributed by atoms with E-state index in [1.807, 2.05) is 5.38 Å². The first-order valence-electron chi connectivity index (χ1n) is 7.79. The van der Waals surface area contributed by atoms with Gasteiger partial charge in [-0.05, 0) is 18.0 Å². The van der Waals surface area contributed by atoms with Gasteiger partial charge in [-0.15, -0.1) is 5.10 Å². The third-order valence-corrected chi connectivity index (χ3v) is 4.07. The van der Waals surface area contributed by atoms with Crippen molar-refractivity contribution in [1.82, 2.24) is 9.59 Å². The summed E-state index contributed by atoms with van der Waals surface area (Å²) in [5, 5.41) is 15.6. The molecule has 0 spiro atoms. The molecule has 1 heterocycles. The standard InChI is InChI=1S/C15H28N2OS/c1-2-3-4-5-6-7-8-9-10-11-12-15(18)14-13-19-17-16-14/h13,15,18H,2-12H2,1H3. The molecule has 1 aromatic heterocycles. The van der Waals surface area contributed by atoms with E-state index in [2.05, 4.69) is 16.5 Å². The van der Waals surface area contributed by atoms with Crippen LogP contribution in [0, 0.1) is 0 Å². The molecule has 0 radical (unpaired) electrons. The zero-order chi connectivity index (χ0) is 13.8. The van der Waals surface area contributed by atoms with Crippen LogP contribution in [0.5, 0.6) is 0 Å². The largest absolute Gasteiger partial charge is 0.387 e. The smallest absolute Gasteiger partial charge is 0.104 e. The Balaban J connectivity index is 1.83. The lowest BCUT2D eigenvalue weighted by molar-refractivity contribution is 0.158. The fourth-order valence-corrected chi connectivity index (χ4v) is 2.79. The Morgan fingerprint density at radius 1 is 1.00 bits per heavy atom. The zero-order valence-corrected chi connectivity index (χ0v) is 13.0. The van der Waals surface area contributed by atoms with Gasteiger partial charge in [-0.2, -0.15) is 0 Å². The lowest BCUT2D eigenvalue weighted by atomic mass is 10.0. The number of aromatic nitrogens is 2.